The number of aromatic nitrogens is 3. The minimum atomic E-state index is -0.981. The molecule has 1 saturated carbocycles. The van der Waals surface area contributed by atoms with Gasteiger partial charge in [-0.1, -0.05) is 24.6 Å². The summed E-state index contributed by atoms with van der Waals surface area (Å²) in [6.45, 7) is 2.57. The van der Waals surface area contributed by atoms with E-state index in [0.29, 0.717) is 11.4 Å². The van der Waals surface area contributed by atoms with Crippen molar-refractivity contribution in [3.8, 4) is 11.9 Å². The van der Waals surface area contributed by atoms with Crippen molar-refractivity contribution >= 4 is 10.9 Å². The number of methoxy groups -OCH3 is 2. The van der Waals surface area contributed by atoms with E-state index in [1.807, 2.05) is 0 Å². The highest BCUT2D eigenvalue weighted by atomic mass is 16.5. The van der Waals surface area contributed by atoms with Gasteiger partial charge in [0.1, 0.15) is 5.60 Å². The maximum atomic E-state index is 12.0. The molecule has 5 rings (SSSR count). The molecule has 2 aliphatic rings. The van der Waals surface area contributed by atoms with Crippen molar-refractivity contribution in [3.05, 3.63) is 47.8 Å². The van der Waals surface area contributed by atoms with E-state index in [4.69, 9.17) is 9.47 Å². The van der Waals surface area contributed by atoms with Crippen LogP contribution >= 0.6 is 0 Å². The summed E-state index contributed by atoms with van der Waals surface area (Å²) in [5, 5.41) is 13.3. The van der Waals surface area contributed by atoms with Crippen LogP contribution in [-0.2, 0) is 19.2 Å². The molecular formula is C24H30N4O3. The predicted molar refractivity (Wildman–Crippen MR) is 118 cm³/mol. The number of likely N-dealkylation sites (tertiary alicyclic amines) is 1. The Morgan fingerprint density at radius 2 is 1.87 bits per heavy atom. The molecule has 0 amide bonds. The van der Waals surface area contributed by atoms with Crippen molar-refractivity contribution < 1.29 is 14.6 Å². The second kappa shape index (κ2) is 7.80. The van der Waals surface area contributed by atoms with Gasteiger partial charge >= 0.3 is 6.01 Å². The standard InChI is InChI=1S/C24H30N4O3/c1-27-12-16(19-9-4-5-10-21(19)27)13-28-14-17-7-6-8-18(15-28)24(17,29)20-11-25-23(31-3)26-22(20)30-2/h4-5,9-12,17-18,29H,6-8,13-15H2,1-3H3/t17-,18+,24?. The van der Waals surface area contributed by atoms with Crippen LogP contribution in [0.2, 0.25) is 0 Å². The second-order valence-electron chi connectivity index (χ2n) is 8.91. The maximum absolute atomic E-state index is 12.0. The largest absolute Gasteiger partial charge is 0.481 e. The summed E-state index contributed by atoms with van der Waals surface area (Å²) < 4.78 is 12.9. The molecule has 3 atom stereocenters. The molecule has 0 radical (unpaired) electrons. The lowest BCUT2D eigenvalue weighted by atomic mass is 9.63. The first-order chi connectivity index (χ1) is 15.0. The summed E-state index contributed by atoms with van der Waals surface area (Å²) >= 11 is 0. The Bertz CT molecular complexity index is 1080. The monoisotopic (exact) mass is 422 g/mol. The van der Waals surface area contributed by atoms with Crippen LogP contribution in [0.5, 0.6) is 11.9 Å². The minimum absolute atomic E-state index is 0.112. The van der Waals surface area contributed by atoms with Crippen LogP contribution in [0.25, 0.3) is 10.9 Å². The number of hydrogen-bond donors (Lipinski definition) is 1. The summed E-state index contributed by atoms with van der Waals surface area (Å²) in [5.74, 6) is 0.635. The molecule has 3 aromatic rings. The lowest BCUT2D eigenvalue weighted by Gasteiger charge is -2.53. The summed E-state index contributed by atoms with van der Waals surface area (Å²) in [4.78, 5) is 11.1. The molecule has 0 spiro atoms. The summed E-state index contributed by atoms with van der Waals surface area (Å²) in [5.41, 5.74) is 2.30. The number of fused-ring (bicyclic) bond motifs is 3. The lowest BCUT2D eigenvalue weighted by Crippen LogP contribution is -2.58. The Hall–Kier alpha value is -2.64. The van der Waals surface area contributed by atoms with E-state index < -0.39 is 5.60 Å². The van der Waals surface area contributed by atoms with Crippen molar-refractivity contribution in [1.82, 2.24) is 19.4 Å². The highest BCUT2D eigenvalue weighted by Crippen LogP contribution is 2.51. The van der Waals surface area contributed by atoms with Gasteiger partial charge in [0.2, 0.25) is 5.88 Å². The summed E-state index contributed by atoms with van der Waals surface area (Å²) in [6, 6.07) is 8.81. The third-order valence-corrected chi connectivity index (χ3v) is 7.22. The number of piperidine rings is 1. The topological polar surface area (TPSA) is 72.6 Å². The van der Waals surface area contributed by atoms with Gasteiger partial charge < -0.3 is 19.1 Å². The maximum Gasteiger partial charge on any atom is 0.319 e. The molecule has 1 unspecified atom stereocenters. The van der Waals surface area contributed by atoms with Gasteiger partial charge in [-0.15, -0.1) is 0 Å². The zero-order valence-corrected chi connectivity index (χ0v) is 18.4. The Kier molecular flexibility index (Phi) is 5.10. The van der Waals surface area contributed by atoms with Gasteiger partial charge in [0.05, 0.1) is 19.8 Å². The first kappa shape index (κ1) is 20.3. The van der Waals surface area contributed by atoms with E-state index in [-0.39, 0.29) is 17.8 Å². The van der Waals surface area contributed by atoms with Crippen LogP contribution in [-0.4, -0.2) is 51.9 Å². The van der Waals surface area contributed by atoms with Crippen molar-refractivity contribution in [2.45, 2.75) is 31.4 Å². The van der Waals surface area contributed by atoms with Crippen molar-refractivity contribution in [1.29, 1.82) is 0 Å². The SMILES string of the molecule is COc1ncc(C2(O)[C@@H]3CCC[C@H]2CN(Cc2cn(C)c4ccccc24)C3)c(OC)n1. The summed E-state index contributed by atoms with van der Waals surface area (Å²) in [7, 11) is 5.22. The van der Waals surface area contributed by atoms with Gasteiger partial charge in [-0.25, -0.2) is 4.98 Å². The van der Waals surface area contributed by atoms with Gasteiger partial charge in [-0.3, -0.25) is 4.90 Å². The van der Waals surface area contributed by atoms with Crippen LogP contribution in [0, 0.1) is 11.8 Å². The molecular weight excluding hydrogens is 392 g/mol. The molecule has 3 heterocycles. The quantitative estimate of drug-likeness (QED) is 0.681. The molecule has 1 saturated heterocycles. The van der Waals surface area contributed by atoms with Crippen LogP contribution < -0.4 is 9.47 Å². The molecule has 7 nitrogen and oxygen atoms in total. The average molecular weight is 423 g/mol. The summed E-state index contributed by atoms with van der Waals surface area (Å²) in [6.07, 6.45) is 7.03. The minimum Gasteiger partial charge on any atom is -0.481 e. The Balaban J connectivity index is 1.45. The smallest absolute Gasteiger partial charge is 0.319 e. The van der Waals surface area contributed by atoms with E-state index in [0.717, 1.165) is 38.9 Å². The molecule has 2 bridgehead atoms. The number of hydrogen-bond acceptors (Lipinski definition) is 6. The fourth-order valence-corrected chi connectivity index (χ4v) is 5.78. The molecule has 1 aromatic carbocycles. The molecule has 2 fully saturated rings. The first-order valence-corrected chi connectivity index (χ1v) is 11.0. The van der Waals surface area contributed by atoms with Crippen LogP contribution in [0.1, 0.15) is 30.4 Å². The zero-order chi connectivity index (χ0) is 21.6. The Labute approximate surface area is 182 Å². The lowest BCUT2D eigenvalue weighted by molar-refractivity contribution is -0.149. The molecule has 1 aliphatic heterocycles. The molecule has 31 heavy (non-hydrogen) atoms. The van der Waals surface area contributed by atoms with E-state index in [9.17, 15) is 5.11 Å². The van der Waals surface area contributed by atoms with Crippen molar-refractivity contribution in [3.63, 3.8) is 0 Å². The van der Waals surface area contributed by atoms with Gasteiger partial charge in [0, 0.05) is 61.8 Å². The van der Waals surface area contributed by atoms with Crippen LogP contribution in [0.15, 0.2) is 36.7 Å². The second-order valence-corrected chi connectivity index (χ2v) is 8.91. The normalized spacial score (nSPS) is 26.2. The molecule has 2 aromatic heterocycles. The predicted octanol–water partition coefficient (Wildman–Crippen LogP) is 3.11. The highest BCUT2D eigenvalue weighted by molar-refractivity contribution is 5.83. The molecule has 1 N–H and O–H groups in total. The Morgan fingerprint density at radius 1 is 1.13 bits per heavy atom. The first-order valence-electron chi connectivity index (χ1n) is 11.0. The number of para-hydroxylation sites is 1. The third kappa shape index (κ3) is 3.27. The van der Waals surface area contributed by atoms with E-state index in [1.165, 1.54) is 23.6 Å². The van der Waals surface area contributed by atoms with Crippen LogP contribution in [0.4, 0.5) is 0 Å². The van der Waals surface area contributed by atoms with Gasteiger partial charge in [-0.2, -0.15) is 4.98 Å². The van der Waals surface area contributed by atoms with Gasteiger partial charge in [0.15, 0.2) is 0 Å². The molecule has 7 heteroatoms. The van der Waals surface area contributed by atoms with Gasteiger partial charge in [-0.05, 0) is 24.5 Å². The Morgan fingerprint density at radius 3 is 2.58 bits per heavy atom. The van der Waals surface area contributed by atoms with Crippen LogP contribution in [0.3, 0.4) is 0 Å². The highest BCUT2D eigenvalue weighted by Gasteiger charge is 2.53. The van der Waals surface area contributed by atoms with E-state index in [1.54, 1.807) is 13.3 Å². The van der Waals surface area contributed by atoms with E-state index >= 15 is 0 Å². The van der Waals surface area contributed by atoms with Crippen molar-refractivity contribution in [2.24, 2.45) is 18.9 Å². The molecule has 1 aliphatic carbocycles. The number of aliphatic hydroxyl groups is 1. The van der Waals surface area contributed by atoms with Crippen molar-refractivity contribution in [2.75, 3.05) is 27.3 Å². The number of aryl methyl sites for hydroxylation is 1. The fraction of sp³-hybridized carbons (Fsp3) is 0.500. The molecule has 164 valence electrons. The third-order valence-electron chi connectivity index (χ3n) is 7.22. The number of benzene rings is 1. The fourth-order valence-electron chi connectivity index (χ4n) is 5.78. The number of nitrogens with zero attached hydrogens (tertiary/aromatic N) is 4. The average Bonchev–Trinajstić information content (AvgIpc) is 3.09. The number of ether oxygens (including phenoxy) is 2. The van der Waals surface area contributed by atoms with E-state index in [2.05, 4.69) is 56.9 Å². The zero-order valence-electron chi connectivity index (χ0n) is 18.4. The van der Waals surface area contributed by atoms with Gasteiger partial charge in [0.25, 0.3) is 0 Å². The number of rotatable bonds is 5.